The van der Waals surface area contributed by atoms with Crippen LogP contribution in [0.1, 0.15) is 57.9 Å². The highest BCUT2D eigenvalue weighted by molar-refractivity contribution is 6.67. The molecule has 32 heavy (non-hydrogen) atoms. The van der Waals surface area contributed by atoms with Gasteiger partial charge in [-0.3, -0.25) is 14.4 Å². The maximum absolute atomic E-state index is 13.5. The summed E-state index contributed by atoms with van der Waals surface area (Å²) in [4.78, 5) is 42.3. The van der Waals surface area contributed by atoms with E-state index in [4.69, 9.17) is 21.1 Å². The predicted octanol–water partition coefficient (Wildman–Crippen LogP) is 4.71. The van der Waals surface area contributed by atoms with Crippen molar-refractivity contribution in [3.05, 3.63) is 30.0 Å². The van der Waals surface area contributed by atoms with Crippen LogP contribution in [0.4, 0.5) is 5.69 Å². The lowest BCUT2D eigenvalue weighted by Crippen LogP contribution is -2.50. The number of carbonyl (C=O) groups excluding carboxylic acids is 3. The van der Waals surface area contributed by atoms with Crippen LogP contribution in [0.25, 0.3) is 10.9 Å². The molecule has 0 spiro atoms. The summed E-state index contributed by atoms with van der Waals surface area (Å²) in [5.41, 5.74) is -1.86. The molecule has 2 bridgehead atoms. The molecule has 1 saturated carbocycles. The first-order valence-corrected chi connectivity index (χ1v) is 11.1. The number of amides is 1. The van der Waals surface area contributed by atoms with Gasteiger partial charge in [0.1, 0.15) is 11.4 Å². The monoisotopic (exact) mass is 458 g/mol. The van der Waals surface area contributed by atoms with Gasteiger partial charge in [-0.05, 0) is 49.4 Å². The first-order valence-electron chi connectivity index (χ1n) is 10.7. The molecule has 2 heterocycles. The van der Waals surface area contributed by atoms with Crippen molar-refractivity contribution >= 4 is 45.3 Å². The van der Waals surface area contributed by atoms with E-state index >= 15 is 0 Å². The van der Waals surface area contributed by atoms with E-state index in [1.54, 1.807) is 18.2 Å². The van der Waals surface area contributed by atoms with Crippen LogP contribution in [0.3, 0.4) is 0 Å². The zero-order valence-electron chi connectivity index (χ0n) is 18.9. The molecule has 1 aromatic heterocycles. The summed E-state index contributed by atoms with van der Waals surface area (Å²) in [6, 6.07) is 6.78. The molecular formula is C24H27ClN2O5. The van der Waals surface area contributed by atoms with Gasteiger partial charge < -0.3 is 14.8 Å². The Hall–Kier alpha value is -2.67. The summed E-state index contributed by atoms with van der Waals surface area (Å²) < 4.78 is 11.6. The summed E-state index contributed by atoms with van der Waals surface area (Å²) in [7, 11) is 0. The molecule has 1 N–H and O–H groups in total. The van der Waals surface area contributed by atoms with E-state index in [0.717, 1.165) is 0 Å². The van der Waals surface area contributed by atoms with Crippen LogP contribution in [-0.2, 0) is 14.3 Å². The van der Waals surface area contributed by atoms with Gasteiger partial charge in [-0.15, -0.1) is 0 Å². The molecule has 8 heteroatoms. The largest absolute Gasteiger partial charge is 0.493 e. The van der Waals surface area contributed by atoms with E-state index in [0.29, 0.717) is 41.8 Å². The van der Waals surface area contributed by atoms with E-state index < -0.39 is 27.6 Å². The Labute approximate surface area is 191 Å². The number of aromatic nitrogens is 1. The Morgan fingerprint density at radius 1 is 1.25 bits per heavy atom. The zero-order chi connectivity index (χ0) is 23.5. The van der Waals surface area contributed by atoms with E-state index in [-0.39, 0.29) is 17.6 Å². The van der Waals surface area contributed by atoms with Crippen LogP contribution in [-0.4, -0.2) is 34.3 Å². The van der Waals surface area contributed by atoms with Crippen LogP contribution < -0.4 is 10.1 Å². The average Bonchev–Trinajstić information content (AvgIpc) is 3.02. The smallest absolute Gasteiger partial charge is 0.313 e. The summed E-state index contributed by atoms with van der Waals surface area (Å²) >= 11 is 5.72. The van der Waals surface area contributed by atoms with Crippen molar-refractivity contribution in [2.45, 2.75) is 53.1 Å². The number of carbonyl (C=O) groups is 3. The molecular weight excluding hydrogens is 432 g/mol. The number of hydrogen-bond acceptors (Lipinski definition) is 6. The summed E-state index contributed by atoms with van der Waals surface area (Å²) in [6.45, 7) is 10.1. The summed E-state index contributed by atoms with van der Waals surface area (Å²) in [5, 5.41) is 2.82. The van der Waals surface area contributed by atoms with E-state index in [1.165, 1.54) is 6.07 Å². The average molecular weight is 459 g/mol. The van der Waals surface area contributed by atoms with Gasteiger partial charge in [0, 0.05) is 16.9 Å². The second kappa shape index (κ2) is 7.44. The minimum Gasteiger partial charge on any atom is -0.493 e. The van der Waals surface area contributed by atoms with Gasteiger partial charge in [0.2, 0.25) is 0 Å². The molecule has 7 nitrogen and oxygen atoms in total. The third-order valence-electron chi connectivity index (χ3n) is 7.27. The quantitative estimate of drug-likeness (QED) is 0.497. The minimum atomic E-state index is -1.27. The van der Waals surface area contributed by atoms with Crippen LogP contribution in [0.2, 0.25) is 0 Å². The van der Waals surface area contributed by atoms with Crippen molar-refractivity contribution in [3.8, 4) is 5.75 Å². The molecule has 0 radical (unpaired) electrons. The third kappa shape index (κ3) is 3.09. The maximum atomic E-state index is 13.5. The van der Waals surface area contributed by atoms with Crippen molar-refractivity contribution in [2.24, 2.45) is 16.7 Å². The standard InChI is InChI=1S/C24H27ClN2O5/c1-13(2)12-31-17-11-16(19(25)28)26-18-14(17)7-6-8-15(18)27-20(29)24-10-9-23(5,21(30)32-24)22(24,3)4/h6-8,11,13H,9-10,12H2,1-5H3,(H,27,29)/t23-,24+/m0/s1. The zero-order valence-corrected chi connectivity index (χ0v) is 19.6. The number of benzene rings is 1. The molecule has 1 aliphatic carbocycles. The Morgan fingerprint density at radius 2 is 1.97 bits per heavy atom. The highest BCUT2D eigenvalue weighted by Gasteiger charge is 2.75. The topological polar surface area (TPSA) is 94.6 Å². The van der Waals surface area contributed by atoms with Crippen LogP contribution >= 0.6 is 11.6 Å². The van der Waals surface area contributed by atoms with Gasteiger partial charge in [0.15, 0.2) is 5.60 Å². The van der Waals surface area contributed by atoms with E-state index in [9.17, 15) is 14.4 Å². The second-order valence-corrected chi connectivity index (χ2v) is 10.2. The fourth-order valence-corrected chi connectivity index (χ4v) is 4.86. The number of hydrogen-bond donors (Lipinski definition) is 1. The second-order valence-electron chi connectivity index (χ2n) is 9.81. The maximum Gasteiger partial charge on any atom is 0.313 e. The van der Waals surface area contributed by atoms with Crippen LogP contribution in [0, 0.1) is 16.7 Å². The summed E-state index contributed by atoms with van der Waals surface area (Å²) in [5.74, 6) is -0.0210. The molecule has 1 saturated heterocycles. The highest BCUT2D eigenvalue weighted by atomic mass is 35.5. The fraction of sp³-hybridized carbons (Fsp3) is 0.500. The molecule has 4 rings (SSSR count). The SMILES string of the molecule is CC(C)COc1cc(C(=O)Cl)nc2c(NC(=O)[C@@]34CC[C@@](C)(C(=O)O3)C4(C)C)cccc12. The van der Waals surface area contributed by atoms with Gasteiger partial charge in [0.25, 0.3) is 11.1 Å². The minimum absolute atomic E-state index is 0.0267. The number of rotatable bonds is 6. The van der Waals surface area contributed by atoms with Crippen molar-refractivity contribution in [1.29, 1.82) is 0 Å². The fourth-order valence-electron chi connectivity index (χ4n) is 4.77. The molecule has 2 fully saturated rings. The molecule has 1 aliphatic heterocycles. The van der Waals surface area contributed by atoms with Gasteiger partial charge in [-0.1, -0.05) is 33.8 Å². The molecule has 1 aromatic carbocycles. The highest BCUT2D eigenvalue weighted by Crippen LogP contribution is 2.65. The van der Waals surface area contributed by atoms with Gasteiger partial charge >= 0.3 is 5.97 Å². The number of pyridine rings is 1. The van der Waals surface area contributed by atoms with Gasteiger partial charge in [0.05, 0.1) is 23.2 Å². The summed E-state index contributed by atoms with van der Waals surface area (Å²) in [6.07, 6.45) is 1.03. The van der Waals surface area contributed by atoms with Crippen molar-refractivity contribution in [3.63, 3.8) is 0 Å². The van der Waals surface area contributed by atoms with Crippen molar-refractivity contribution in [2.75, 3.05) is 11.9 Å². The number of para-hydroxylation sites is 1. The lowest BCUT2D eigenvalue weighted by molar-refractivity contribution is -0.165. The van der Waals surface area contributed by atoms with E-state index in [2.05, 4.69) is 10.3 Å². The molecule has 2 atom stereocenters. The predicted molar refractivity (Wildman–Crippen MR) is 121 cm³/mol. The number of halogens is 1. The van der Waals surface area contributed by atoms with Crippen molar-refractivity contribution in [1.82, 2.24) is 4.98 Å². The Kier molecular flexibility index (Phi) is 5.24. The van der Waals surface area contributed by atoms with Crippen LogP contribution in [0.5, 0.6) is 5.75 Å². The lowest BCUT2D eigenvalue weighted by Gasteiger charge is -2.35. The molecule has 170 valence electrons. The number of esters is 1. The van der Waals surface area contributed by atoms with Crippen LogP contribution in [0.15, 0.2) is 24.3 Å². The molecule has 0 unspecified atom stereocenters. The normalized spacial score (nSPS) is 25.8. The van der Waals surface area contributed by atoms with Crippen molar-refractivity contribution < 1.29 is 23.9 Å². The van der Waals surface area contributed by atoms with Gasteiger partial charge in [-0.25, -0.2) is 4.98 Å². The number of nitrogens with one attached hydrogen (secondary N) is 1. The lowest BCUT2D eigenvalue weighted by atomic mass is 9.66. The first kappa shape index (κ1) is 22.5. The molecule has 2 aliphatic rings. The molecule has 2 aromatic rings. The molecule has 1 amide bonds. The van der Waals surface area contributed by atoms with E-state index in [1.807, 2.05) is 34.6 Å². The Bertz CT molecular complexity index is 1140. The number of fused-ring (bicyclic) bond motifs is 3. The van der Waals surface area contributed by atoms with Gasteiger partial charge in [-0.2, -0.15) is 0 Å². The third-order valence-corrected chi connectivity index (χ3v) is 7.47. The Balaban J connectivity index is 1.76. The number of nitrogens with zero attached hydrogens (tertiary/aromatic N) is 1. The number of anilines is 1. The first-order chi connectivity index (χ1) is 14.9. The Morgan fingerprint density at radius 3 is 2.53 bits per heavy atom. The number of ether oxygens (including phenoxy) is 2.